The molecule has 3 saturated heterocycles. The number of phosphoric ester groups is 2. The van der Waals surface area contributed by atoms with E-state index in [-0.39, 0.29) is 78.0 Å². The lowest BCUT2D eigenvalue weighted by molar-refractivity contribution is -0.0378. The second kappa shape index (κ2) is 38.2. The molecular weight excluding hydrogens is 813 g/mol. The Kier molecular flexibility index (Phi) is 48.2. The molecule has 0 aromatic rings. The second-order valence-corrected chi connectivity index (χ2v) is 16.7. The van der Waals surface area contributed by atoms with Gasteiger partial charge < -0.3 is 28.0 Å². The summed E-state index contributed by atoms with van der Waals surface area (Å²) in [6.45, 7) is 5.97. The van der Waals surface area contributed by atoms with Crippen LogP contribution in [-0.2, 0) is 64.3 Å². The van der Waals surface area contributed by atoms with E-state index in [1.807, 2.05) is 41.8 Å². The Bertz CT molecular complexity index is 1080. The molecule has 3 heterocycles. The van der Waals surface area contributed by atoms with Crippen molar-refractivity contribution in [2.75, 3.05) is 62.4 Å². The van der Waals surface area contributed by atoms with E-state index in [4.69, 9.17) is 93.8 Å². The minimum Gasteiger partial charge on any atom is -0.382 e. The zero-order chi connectivity index (χ0) is 39.6. The quantitative estimate of drug-likeness (QED) is 0.0947. The van der Waals surface area contributed by atoms with Gasteiger partial charge in [0.1, 0.15) is 18.3 Å². The summed E-state index contributed by atoms with van der Waals surface area (Å²) < 4.78 is 97.0. The van der Waals surface area contributed by atoms with Gasteiger partial charge in [0.2, 0.25) is 0 Å². The van der Waals surface area contributed by atoms with Gasteiger partial charge >= 0.3 is 15.6 Å². The first kappa shape index (κ1) is 74.3. The number of nitrogens with zero attached hydrogens (tertiary/aromatic N) is 1. The fourth-order valence-corrected chi connectivity index (χ4v) is 8.58. The van der Waals surface area contributed by atoms with Crippen molar-refractivity contribution in [2.24, 2.45) is 0 Å². The van der Waals surface area contributed by atoms with Crippen LogP contribution >= 0.6 is 24.2 Å². The molecule has 0 spiro atoms. The van der Waals surface area contributed by atoms with Gasteiger partial charge in [-0.3, -0.25) is 27.1 Å². The predicted octanol–water partition coefficient (Wildman–Crippen LogP) is 5.84. The molecule has 0 bridgehead atoms. The molecule has 338 valence electrons. The summed E-state index contributed by atoms with van der Waals surface area (Å²) in [6, 6.07) is -1.68. The maximum atomic E-state index is 13.7. The summed E-state index contributed by atoms with van der Waals surface area (Å²) in [6.07, 6.45) is -3.82. The third kappa shape index (κ3) is 23.6. The van der Waals surface area contributed by atoms with Gasteiger partial charge in [-0.15, -0.1) is 0 Å². The Morgan fingerprint density at radius 1 is 0.678 bits per heavy atom. The minimum atomic E-state index is -4.26. The summed E-state index contributed by atoms with van der Waals surface area (Å²) >= 11 is 0. The molecule has 0 saturated carbocycles. The first-order chi connectivity index (χ1) is 24.7. The first-order valence-electron chi connectivity index (χ1n) is 17.2. The van der Waals surface area contributed by atoms with E-state index in [9.17, 15) is 9.13 Å². The van der Waals surface area contributed by atoms with Crippen molar-refractivity contribution in [3.05, 3.63) is 0 Å². The normalized spacial score (nSPS) is 27.6. The Labute approximate surface area is 373 Å². The number of hydrogen-bond acceptors (Lipinski definition) is 15. The molecule has 3 aliphatic heterocycles. The third-order valence-corrected chi connectivity index (χ3v) is 12.1. The van der Waals surface area contributed by atoms with Crippen LogP contribution in [0.1, 0.15) is 98.9 Å². The topological polar surface area (TPSA) is 148 Å². The number of rotatable bonds is 22. The number of phosphoric acid groups is 2. The van der Waals surface area contributed by atoms with Crippen LogP contribution in [0.3, 0.4) is 0 Å². The van der Waals surface area contributed by atoms with Gasteiger partial charge in [0.25, 0.3) is 8.53 Å². The van der Waals surface area contributed by atoms with E-state index in [1.165, 1.54) is 35.6 Å². The highest BCUT2D eigenvalue weighted by Crippen LogP contribution is 2.55. The zero-order valence-electron chi connectivity index (χ0n) is 32.1. The monoisotopic (exact) mass is 894 g/mol. The molecule has 0 amide bonds. The van der Waals surface area contributed by atoms with Crippen LogP contribution in [0.15, 0.2) is 0 Å². The maximum Gasteiger partial charge on any atom is 0.474 e. The van der Waals surface area contributed by atoms with Crippen LogP contribution in [0, 0.1) is 0 Å². The lowest BCUT2D eigenvalue weighted by atomic mass is 9.03. The van der Waals surface area contributed by atoms with Crippen LogP contribution < -0.4 is 0 Å². The van der Waals surface area contributed by atoms with Crippen LogP contribution in [0.2, 0.25) is 0 Å². The minimum absolute atomic E-state index is 0. The summed E-state index contributed by atoms with van der Waals surface area (Å²) in [5.74, 6) is 0. The molecule has 6 unspecified atom stereocenters. The highest BCUT2D eigenvalue weighted by Gasteiger charge is 2.47. The Hall–Kier alpha value is 0.954. The van der Waals surface area contributed by atoms with Gasteiger partial charge in [-0.05, 0) is 33.4 Å². The Balaban J connectivity index is -0.000000476. The molecule has 27 heteroatoms. The van der Waals surface area contributed by atoms with Crippen LogP contribution in [-0.4, -0.2) is 188 Å². The van der Waals surface area contributed by atoms with Crippen LogP contribution in [0.5, 0.6) is 0 Å². The average molecular weight is 892 g/mol. The predicted molar refractivity (Wildman–Crippen MR) is 257 cm³/mol. The zero-order valence-corrected chi connectivity index (χ0v) is 34.8. The fourth-order valence-electron chi connectivity index (χ4n) is 5.26. The molecule has 3 fully saturated rings. The highest BCUT2D eigenvalue weighted by atomic mass is 31.2. The molecule has 12 radical (unpaired) electrons. The third-order valence-electron chi connectivity index (χ3n) is 7.79. The molecule has 59 heavy (non-hydrogen) atoms. The Morgan fingerprint density at radius 3 is 1.47 bits per heavy atom. The van der Waals surface area contributed by atoms with Crippen molar-refractivity contribution in [2.45, 2.75) is 154 Å². The largest absolute Gasteiger partial charge is 0.474 e. The van der Waals surface area contributed by atoms with E-state index in [2.05, 4.69) is 0 Å². The molecule has 0 N–H and O–H groups in total. The molecule has 3 rings (SSSR count). The van der Waals surface area contributed by atoms with Crippen LogP contribution in [0.25, 0.3) is 0 Å². The van der Waals surface area contributed by atoms with Crippen molar-refractivity contribution >= 4 is 90.1 Å². The van der Waals surface area contributed by atoms with Gasteiger partial charge in [-0.1, -0.05) is 79.7 Å². The number of ether oxygens (including phenoxy) is 4. The van der Waals surface area contributed by atoms with E-state index in [1.54, 1.807) is 4.67 Å². The molecule has 0 aromatic carbocycles. The molecule has 0 aromatic heterocycles. The summed E-state index contributed by atoms with van der Waals surface area (Å²) in [5.41, 5.74) is 0. The summed E-state index contributed by atoms with van der Waals surface area (Å²) in [7, 11) is 30.9. The van der Waals surface area contributed by atoms with Gasteiger partial charge in [0.15, 0.2) is 0 Å². The number of hydrogen-bond donors (Lipinski definition) is 0. The molecule has 0 aliphatic carbocycles. The second-order valence-electron chi connectivity index (χ2n) is 11.4. The van der Waals surface area contributed by atoms with Crippen molar-refractivity contribution in [1.29, 1.82) is 0 Å². The lowest BCUT2D eigenvalue weighted by Crippen LogP contribution is -2.38. The van der Waals surface area contributed by atoms with Crippen LogP contribution in [0.4, 0.5) is 0 Å². The first-order valence-corrected chi connectivity index (χ1v) is 21.3. The molecule has 3 aliphatic rings. The fraction of sp³-hybridized carbons (Fsp3) is 1.00. The number of methoxy groups -OCH3 is 1. The van der Waals surface area contributed by atoms with E-state index in [0.717, 1.165) is 7.11 Å². The Morgan fingerprint density at radius 2 is 1.10 bits per heavy atom. The van der Waals surface area contributed by atoms with Gasteiger partial charge in [-0.2, -0.15) is 0 Å². The standard InChI is InChI=1S/C21H39B9NO14P3.2C2H6.7CH4/c1-31(2)46(35-4)43-13-7-19(27-22)40-17(13)11-38-47(32,36-5)44-14-8-20(29(24)25)41-18(14)12-39-48(33,37-6)45-15-9-21(30(26)28-23)42-16(15)10-34-3;2*1-2;;;;;;;/h13-21H,7-12H2,1-6H3;2*1-2H3;7*1H4/t13?,14?,15?,16-,17-,18-,19-,20-,21-,46?,47?,48?;;;;;;;;;/m1........./s1. The van der Waals surface area contributed by atoms with Crippen molar-refractivity contribution in [1.82, 2.24) is 4.67 Å². The molecular formula is C32H79B9NO14P3. The summed E-state index contributed by atoms with van der Waals surface area (Å²) in [4.78, 5) is 0. The van der Waals surface area contributed by atoms with Crippen molar-refractivity contribution in [3.63, 3.8) is 0 Å². The maximum absolute atomic E-state index is 13.7. The lowest BCUT2D eigenvalue weighted by Gasteiger charge is -2.28. The van der Waals surface area contributed by atoms with E-state index in [0.29, 0.717) is 6.42 Å². The molecule has 12 atom stereocenters. The average Bonchev–Trinajstić information content (AvgIpc) is 3.87. The molecule has 15 nitrogen and oxygen atoms in total. The van der Waals surface area contributed by atoms with Gasteiger partial charge in [0.05, 0.1) is 58.3 Å². The van der Waals surface area contributed by atoms with E-state index < -0.39 is 98.4 Å². The van der Waals surface area contributed by atoms with Crippen molar-refractivity contribution < 1.29 is 64.3 Å². The smallest absolute Gasteiger partial charge is 0.382 e. The van der Waals surface area contributed by atoms with Gasteiger partial charge in [-0.25, -0.2) is 13.8 Å². The van der Waals surface area contributed by atoms with E-state index >= 15 is 0 Å². The van der Waals surface area contributed by atoms with Gasteiger partial charge in [0, 0.05) is 92.2 Å². The summed E-state index contributed by atoms with van der Waals surface area (Å²) in [5, 5.41) is 0. The van der Waals surface area contributed by atoms with Crippen molar-refractivity contribution in [3.8, 4) is 0 Å². The SMILES string of the molecule is C.C.C.C.C.C.C.CC.CC.[B][B]B([B])[C@H]1CC(OP(=O)(OC)OC[C@H]2O[C@@H](B([B])[B])CC2OP(=O)(OC)OC[C@H]2O[C@@H]([B][B])CC2OP(OC)N(C)C)[C@@H](COC)O1. The highest BCUT2D eigenvalue weighted by molar-refractivity contribution is 7.49.